The van der Waals surface area contributed by atoms with Crippen molar-refractivity contribution in [2.24, 2.45) is 5.73 Å². The lowest BCUT2D eigenvalue weighted by Crippen LogP contribution is -2.52. The summed E-state index contributed by atoms with van der Waals surface area (Å²) in [5.74, 6) is -0.411. The Kier molecular flexibility index (Phi) is 4.39. The normalized spacial score (nSPS) is 23.1. The highest BCUT2D eigenvalue weighted by molar-refractivity contribution is 5.95. The predicted octanol–water partition coefficient (Wildman–Crippen LogP) is 1.67. The topological polar surface area (TPSA) is 72.6 Å². The van der Waals surface area contributed by atoms with Crippen LogP contribution in [0.3, 0.4) is 0 Å². The number of ether oxygens (including phenoxy) is 1. The Bertz CT molecular complexity index is 629. The van der Waals surface area contributed by atoms with E-state index in [9.17, 15) is 9.59 Å². The molecule has 2 amide bonds. The number of methoxy groups -OCH3 is 1. The SMILES string of the molecule is COC[C@@]1(CC(N)=O)CCCN1C(=O)c1ccc2c(c1)CCC2. The van der Waals surface area contributed by atoms with Gasteiger partial charge in [-0.05, 0) is 55.4 Å². The smallest absolute Gasteiger partial charge is 0.254 e. The van der Waals surface area contributed by atoms with E-state index < -0.39 is 11.4 Å². The van der Waals surface area contributed by atoms with Gasteiger partial charge in [-0.25, -0.2) is 0 Å². The number of nitrogens with two attached hydrogens (primary N) is 1. The number of primary amides is 1. The van der Waals surface area contributed by atoms with Gasteiger partial charge in [0.1, 0.15) is 0 Å². The first-order chi connectivity index (χ1) is 11.1. The zero-order chi connectivity index (χ0) is 16.4. The maximum absolute atomic E-state index is 13.0. The third-order valence-corrected chi connectivity index (χ3v) is 5.10. The molecule has 3 rings (SSSR count). The Labute approximate surface area is 136 Å². The second kappa shape index (κ2) is 6.32. The number of hydrogen-bond acceptors (Lipinski definition) is 3. The third kappa shape index (κ3) is 2.98. The average molecular weight is 316 g/mol. The van der Waals surface area contributed by atoms with Crippen LogP contribution in [0.2, 0.25) is 0 Å². The van der Waals surface area contributed by atoms with Crippen molar-refractivity contribution in [3.05, 3.63) is 34.9 Å². The second-order valence-corrected chi connectivity index (χ2v) is 6.70. The molecule has 124 valence electrons. The number of nitrogens with zero attached hydrogens (tertiary/aromatic N) is 1. The molecule has 23 heavy (non-hydrogen) atoms. The molecule has 1 aliphatic heterocycles. The van der Waals surface area contributed by atoms with Crippen LogP contribution in [0.1, 0.15) is 47.2 Å². The number of benzene rings is 1. The third-order valence-electron chi connectivity index (χ3n) is 5.10. The zero-order valence-corrected chi connectivity index (χ0v) is 13.6. The van der Waals surface area contributed by atoms with Crippen LogP contribution in [0.4, 0.5) is 0 Å². The highest BCUT2D eigenvalue weighted by Gasteiger charge is 2.45. The molecule has 0 radical (unpaired) electrons. The van der Waals surface area contributed by atoms with Gasteiger partial charge in [0.05, 0.1) is 18.6 Å². The van der Waals surface area contributed by atoms with E-state index in [1.54, 1.807) is 12.0 Å². The molecule has 1 aromatic rings. The van der Waals surface area contributed by atoms with Crippen LogP contribution in [0.5, 0.6) is 0 Å². The molecule has 0 unspecified atom stereocenters. The van der Waals surface area contributed by atoms with Gasteiger partial charge in [0, 0.05) is 19.2 Å². The van der Waals surface area contributed by atoms with E-state index >= 15 is 0 Å². The highest BCUT2D eigenvalue weighted by Crippen LogP contribution is 2.34. The fraction of sp³-hybridized carbons (Fsp3) is 0.556. The number of hydrogen-bond donors (Lipinski definition) is 1. The number of aryl methyl sites for hydroxylation is 2. The van der Waals surface area contributed by atoms with Gasteiger partial charge >= 0.3 is 0 Å². The zero-order valence-electron chi connectivity index (χ0n) is 13.6. The lowest BCUT2D eigenvalue weighted by molar-refractivity contribution is -0.121. The number of carbonyl (C=O) groups excluding carboxylic acids is 2. The summed E-state index contributed by atoms with van der Waals surface area (Å²) < 4.78 is 5.32. The number of rotatable bonds is 5. The van der Waals surface area contributed by atoms with Crippen LogP contribution in [0.15, 0.2) is 18.2 Å². The largest absolute Gasteiger partial charge is 0.382 e. The summed E-state index contributed by atoms with van der Waals surface area (Å²) in [7, 11) is 1.60. The average Bonchev–Trinajstić information content (AvgIpc) is 3.12. The van der Waals surface area contributed by atoms with Crippen molar-refractivity contribution in [3.8, 4) is 0 Å². The lowest BCUT2D eigenvalue weighted by Gasteiger charge is -2.37. The van der Waals surface area contributed by atoms with Crippen LogP contribution in [-0.2, 0) is 22.4 Å². The molecule has 1 fully saturated rings. The fourth-order valence-corrected chi connectivity index (χ4v) is 4.09. The Morgan fingerprint density at radius 1 is 1.26 bits per heavy atom. The van der Waals surface area contributed by atoms with Gasteiger partial charge in [-0.2, -0.15) is 0 Å². The van der Waals surface area contributed by atoms with Crippen molar-refractivity contribution in [1.82, 2.24) is 4.90 Å². The van der Waals surface area contributed by atoms with Crippen molar-refractivity contribution in [1.29, 1.82) is 0 Å². The Balaban J connectivity index is 1.88. The molecule has 5 heteroatoms. The number of carbonyl (C=O) groups is 2. The van der Waals surface area contributed by atoms with Crippen molar-refractivity contribution < 1.29 is 14.3 Å². The van der Waals surface area contributed by atoms with Crippen molar-refractivity contribution in [2.45, 2.75) is 44.1 Å². The van der Waals surface area contributed by atoms with Gasteiger partial charge in [0.25, 0.3) is 5.91 Å². The van der Waals surface area contributed by atoms with Crippen LogP contribution >= 0.6 is 0 Å². The molecule has 2 N–H and O–H groups in total. The van der Waals surface area contributed by atoms with E-state index in [-0.39, 0.29) is 12.3 Å². The van der Waals surface area contributed by atoms with Crippen molar-refractivity contribution in [3.63, 3.8) is 0 Å². The lowest BCUT2D eigenvalue weighted by atomic mass is 9.91. The molecule has 0 saturated carbocycles. The summed E-state index contributed by atoms with van der Waals surface area (Å²) in [6.07, 6.45) is 5.07. The van der Waals surface area contributed by atoms with E-state index in [2.05, 4.69) is 6.07 Å². The monoisotopic (exact) mass is 316 g/mol. The van der Waals surface area contributed by atoms with E-state index in [1.165, 1.54) is 11.1 Å². The van der Waals surface area contributed by atoms with Gasteiger partial charge in [0.2, 0.25) is 5.91 Å². The second-order valence-electron chi connectivity index (χ2n) is 6.70. The minimum Gasteiger partial charge on any atom is -0.382 e. The summed E-state index contributed by atoms with van der Waals surface area (Å²) in [6, 6.07) is 6.00. The minimum absolute atomic E-state index is 0.0181. The maximum Gasteiger partial charge on any atom is 0.254 e. The standard InChI is InChI=1S/C18H24N2O3/c1-23-12-18(11-16(19)21)8-3-9-20(18)17(22)15-7-6-13-4-2-5-14(13)10-15/h6-7,10H,2-5,8-9,11-12H2,1H3,(H2,19,21)/t18-/m0/s1. The molecule has 0 spiro atoms. The number of fused-ring (bicyclic) bond motifs is 1. The molecule has 1 aromatic carbocycles. The van der Waals surface area contributed by atoms with Crippen molar-refractivity contribution >= 4 is 11.8 Å². The molecular weight excluding hydrogens is 292 g/mol. The Hall–Kier alpha value is -1.88. The van der Waals surface area contributed by atoms with Gasteiger partial charge < -0.3 is 15.4 Å². The molecule has 1 heterocycles. The van der Waals surface area contributed by atoms with Crippen molar-refractivity contribution in [2.75, 3.05) is 20.3 Å². The van der Waals surface area contributed by atoms with Gasteiger partial charge in [0.15, 0.2) is 0 Å². The van der Waals surface area contributed by atoms with Gasteiger partial charge in [-0.3, -0.25) is 9.59 Å². The molecule has 0 bridgehead atoms. The summed E-state index contributed by atoms with van der Waals surface area (Å²) >= 11 is 0. The molecule has 1 atom stereocenters. The van der Waals surface area contributed by atoms with Crippen LogP contribution in [0, 0.1) is 0 Å². The number of likely N-dealkylation sites (tertiary alicyclic amines) is 1. The highest BCUT2D eigenvalue weighted by atomic mass is 16.5. The molecule has 2 aliphatic rings. The maximum atomic E-state index is 13.0. The Morgan fingerprint density at radius 2 is 2.04 bits per heavy atom. The van der Waals surface area contributed by atoms with E-state index in [4.69, 9.17) is 10.5 Å². The summed E-state index contributed by atoms with van der Waals surface area (Å²) in [6.45, 7) is 0.985. The van der Waals surface area contributed by atoms with Gasteiger partial charge in [-0.15, -0.1) is 0 Å². The summed E-state index contributed by atoms with van der Waals surface area (Å²) in [5, 5.41) is 0. The fourth-order valence-electron chi connectivity index (χ4n) is 4.09. The molecular formula is C18H24N2O3. The Morgan fingerprint density at radius 3 is 2.78 bits per heavy atom. The molecule has 0 aromatic heterocycles. The quantitative estimate of drug-likeness (QED) is 0.898. The van der Waals surface area contributed by atoms with E-state index in [1.807, 2.05) is 12.1 Å². The van der Waals surface area contributed by atoms with Gasteiger partial charge in [-0.1, -0.05) is 6.07 Å². The summed E-state index contributed by atoms with van der Waals surface area (Å²) in [5.41, 5.74) is 8.17. The molecule has 1 saturated heterocycles. The molecule has 5 nitrogen and oxygen atoms in total. The molecule has 1 aliphatic carbocycles. The van der Waals surface area contributed by atoms with E-state index in [0.717, 1.165) is 32.1 Å². The predicted molar refractivity (Wildman–Crippen MR) is 87.2 cm³/mol. The minimum atomic E-state index is -0.601. The van der Waals surface area contributed by atoms with Crippen LogP contribution in [0.25, 0.3) is 0 Å². The van der Waals surface area contributed by atoms with E-state index in [0.29, 0.717) is 18.7 Å². The first-order valence-electron chi connectivity index (χ1n) is 8.27. The van der Waals surface area contributed by atoms with Crippen LogP contribution in [-0.4, -0.2) is 42.5 Å². The number of amides is 2. The summed E-state index contributed by atoms with van der Waals surface area (Å²) in [4.78, 5) is 26.4. The van der Waals surface area contributed by atoms with Crippen LogP contribution < -0.4 is 5.73 Å². The first-order valence-corrected chi connectivity index (χ1v) is 8.27. The first kappa shape index (κ1) is 16.0.